The number of hydrogen-bond acceptors (Lipinski definition) is 0. The molecule has 0 heterocycles. The van der Waals surface area contributed by atoms with Crippen molar-refractivity contribution >= 4 is 49.7 Å². The van der Waals surface area contributed by atoms with Crippen LogP contribution in [0.15, 0.2) is 0 Å². The zero-order valence-corrected chi connectivity index (χ0v) is 2.96. The maximum absolute atomic E-state index is 0. The zero-order valence-electron chi connectivity index (χ0n) is 0.854. The van der Waals surface area contributed by atoms with E-state index in [4.69, 9.17) is 0 Å². The molecule has 4 heavy (non-hydrogen) atoms. The van der Waals surface area contributed by atoms with Crippen molar-refractivity contribution < 1.29 is 17.1 Å². The fraction of sp³-hybridized carbons (Fsp3) is 0. The average Bonchev–Trinajstić information content (AvgIpc) is 0. The summed E-state index contributed by atoms with van der Waals surface area (Å²) in [6.07, 6.45) is 0. The Morgan fingerprint density at radius 3 is 1.00 bits per heavy atom. The van der Waals surface area contributed by atoms with Crippen LogP contribution in [0.5, 0.6) is 0 Å². The van der Waals surface area contributed by atoms with Gasteiger partial charge in [-0.1, -0.05) is 0 Å². The van der Waals surface area contributed by atoms with E-state index in [2.05, 4.69) is 0 Å². The fourth-order valence-electron chi connectivity index (χ4n) is 0. The van der Waals surface area contributed by atoms with Crippen molar-refractivity contribution in [2.45, 2.75) is 0 Å². The second-order valence-corrected chi connectivity index (χ2v) is 0. The van der Waals surface area contributed by atoms with E-state index in [0.717, 1.165) is 0 Å². The van der Waals surface area contributed by atoms with E-state index < -0.39 is 0 Å². The summed E-state index contributed by atoms with van der Waals surface area (Å²) in [5.41, 5.74) is 0. The summed E-state index contributed by atoms with van der Waals surface area (Å²) in [4.78, 5) is 0. The molecule has 0 saturated carbocycles. The molecule has 0 saturated heterocycles. The van der Waals surface area contributed by atoms with Crippen LogP contribution in [-0.4, -0.2) is 36.2 Å². The Morgan fingerprint density at radius 1 is 1.00 bits per heavy atom. The molecule has 0 amide bonds. The van der Waals surface area contributed by atoms with E-state index in [-0.39, 0.29) is 66.8 Å². The first kappa shape index (κ1) is 37.5. The molecular weight excluding hydrogens is 122 g/mol. The van der Waals surface area contributed by atoms with Gasteiger partial charge in [0, 0.05) is 17.1 Å². The Morgan fingerprint density at radius 2 is 1.00 bits per heavy atom. The molecule has 0 radical (unpaired) electrons. The molecule has 0 spiro atoms. The van der Waals surface area contributed by atoms with Crippen LogP contribution in [-0.2, 0) is 17.1 Å². The number of hydrogen-bond donors (Lipinski definition) is 0. The monoisotopic (exact) mass is 128 g/mol. The third-order valence-electron chi connectivity index (χ3n) is 0. The standard InChI is InChI=1S/Al.Fe.Li.H2S.4H/h;;;1H2;;;;. The molecule has 0 rings (SSSR count). The summed E-state index contributed by atoms with van der Waals surface area (Å²) in [6, 6.07) is 0. The van der Waals surface area contributed by atoms with E-state index in [1.165, 1.54) is 0 Å². The Labute approximate surface area is 66.3 Å². The van der Waals surface area contributed by atoms with Gasteiger partial charge < -0.3 is 0 Å². The van der Waals surface area contributed by atoms with Gasteiger partial charge in [0.2, 0.25) is 0 Å². The second-order valence-electron chi connectivity index (χ2n) is 0. The molecule has 0 aromatic carbocycles. The van der Waals surface area contributed by atoms with E-state index in [0.29, 0.717) is 0 Å². The fourth-order valence-corrected chi connectivity index (χ4v) is 0. The molecule has 0 aliphatic heterocycles. The summed E-state index contributed by atoms with van der Waals surface area (Å²) in [7, 11) is 0. The van der Waals surface area contributed by atoms with Crippen LogP contribution in [0.25, 0.3) is 0 Å². The van der Waals surface area contributed by atoms with Crippen LogP contribution >= 0.6 is 13.5 Å². The van der Waals surface area contributed by atoms with Crippen LogP contribution in [0.3, 0.4) is 0 Å². The first-order valence-corrected chi connectivity index (χ1v) is 0. The van der Waals surface area contributed by atoms with Gasteiger partial charge in [0.15, 0.2) is 17.4 Å². The van der Waals surface area contributed by atoms with Gasteiger partial charge >= 0.3 is 18.9 Å². The number of rotatable bonds is 0. The van der Waals surface area contributed by atoms with Crippen molar-refractivity contribution in [2.75, 3.05) is 0 Å². The van der Waals surface area contributed by atoms with Crippen LogP contribution in [0.4, 0.5) is 0 Å². The molecule has 0 aliphatic carbocycles. The Kier molecular flexibility index (Phi) is 188. The van der Waals surface area contributed by atoms with Gasteiger partial charge in [-0.15, -0.1) is 0 Å². The molecule has 0 bridgehead atoms. The van der Waals surface area contributed by atoms with Crippen molar-refractivity contribution in [1.82, 2.24) is 0 Å². The van der Waals surface area contributed by atoms with E-state index >= 15 is 0 Å². The molecule has 24 valence electrons. The second kappa shape index (κ2) is 20.0. The van der Waals surface area contributed by atoms with E-state index in [1.54, 1.807) is 0 Å². The Balaban J connectivity index is 0. The zero-order chi connectivity index (χ0) is 0. The third kappa shape index (κ3) is 9.00. The van der Waals surface area contributed by atoms with Crippen LogP contribution in [0.1, 0.15) is 0 Å². The molecule has 0 N–H and O–H groups in total. The van der Waals surface area contributed by atoms with Crippen LogP contribution in [0.2, 0.25) is 0 Å². The summed E-state index contributed by atoms with van der Waals surface area (Å²) < 4.78 is 0. The summed E-state index contributed by atoms with van der Waals surface area (Å²) in [6.45, 7) is 0. The van der Waals surface area contributed by atoms with Crippen molar-refractivity contribution in [3.63, 3.8) is 0 Å². The molecule has 0 unspecified atom stereocenters. The average molecular weight is 128 g/mol. The molecule has 0 aromatic heterocycles. The van der Waals surface area contributed by atoms with Crippen LogP contribution < -0.4 is 0 Å². The van der Waals surface area contributed by atoms with Crippen molar-refractivity contribution in [3.8, 4) is 0 Å². The molecule has 4 heteroatoms. The third-order valence-corrected chi connectivity index (χ3v) is 0. The van der Waals surface area contributed by atoms with Crippen molar-refractivity contribution in [1.29, 1.82) is 0 Å². The Hall–Kier alpha value is 2.00. The van der Waals surface area contributed by atoms with Crippen molar-refractivity contribution in [2.24, 2.45) is 0 Å². The van der Waals surface area contributed by atoms with Crippen molar-refractivity contribution in [3.05, 3.63) is 0 Å². The van der Waals surface area contributed by atoms with Gasteiger partial charge in [-0.2, -0.15) is 13.5 Å². The topological polar surface area (TPSA) is 0 Å². The predicted molar refractivity (Wildman–Crippen MR) is 27.5 cm³/mol. The predicted octanol–water partition coefficient (Wildman–Crippen LogP) is -1.72. The minimum atomic E-state index is 0. The first-order valence-electron chi connectivity index (χ1n) is 0. The molecule has 0 aliphatic rings. The molecule has 0 fully saturated rings. The van der Waals surface area contributed by atoms with Gasteiger partial charge in [-0.25, -0.2) is 0 Å². The van der Waals surface area contributed by atoms with Gasteiger partial charge in [-0.05, 0) is 0 Å². The van der Waals surface area contributed by atoms with E-state index in [9.17, 15) is 0 Å². The van der Waals surface area contributed by atoms with Gasteiger partial charge in [0.1, 0.15) is 0 Å². The first-order chi connectivity index (χ1) is 0. The van der Waals surface area contributed by atoms with Gasteiger partial charge in [0.25, 0.3) is 0 Å². The minimum absolute atomic E-state index is 0. The Bertz CT molecular complexity index is 8.00. The molecular formula is H6AlFeLiS. The van der Waals surface area contributed by atoms with Gasteiger partial charge in [0.05, 0.1) is 0 Å². The SMILES string of the molecule is S.[AlH3].[Fe].[LiH]. The molecule has 0 nitrogen and oxygen atoms in total. The van der Waals surface area contributed by atoms with Gasteiger partial charge in [-0.3, -0.25) is 0 Å². The van der Waals surface area contributed by atoms with E-state index in [1.807, 2.05) is 0 Å². The van der Waals surface area contributed by atoms with Crippen LogP contribution in [0, 0.1) is 0 Å². The maximum atomic E-state index is 0. The summed E-state index contributed by atoms with van der Waals surface area (Å²) in [5.74, 6) is 0. The summed E-state index contributed by atoms with van der Waals surface area (Å²) >= 11 is 0. The normalized spacial score (nSPS) is 0. The molecule has 0 atom stereocenters. The molecule has 0 aromatic rings. The summed E-state index contributed by atoms with van der Waals surface area (Å²) in [5, 5.41) is 0. The quantitative estimate of drug-likeness (QED) is 0.340.